The van der Waals surface area contributed by atoms with Crippen molar-refractivity contribution >= 4 is 23.1 Å². The molecule has 2 heterocycles. The molecule has 0 spiro atoms. The van der Waals surface area contributed by atoms with Crippen LogP contribution in [-0.2, 0) is 0 Å². The van der Waals surface area contributed by atoms with Gasteiger partial charge in [-0.15, -0.1) is 0 Å². The van der Waals surface area contributed by atoms with E-state index in [1.54, 1.807) is 11.3 Å². The summed E-state index contributed by atoms with van der Waals surface area (Å²) in [6.45, 7) is 5.30. The highest BCUT2D eigenvalue weighted by atomic mass is 32.1. The smallest absolute Gasteiger partial charge is 0.224 e. The maximum Gasteiger partial charge on any atom is 0.224 e. The van der Waals surface area contributed by atoms with Gasteiger partial charge < -0.3 is 15.7 Å². The summed E-state index contributed by atoms with van der Waals surface area (Å²) in [6, 6.07) is 3.80. The molecule has 3 N–H and O–H groups in total. The standard InChI is InChI=1S/C14H20N4OS/c1-3-5-15-14-17-10(2)7-13(18-14)16-8-12(19)11-4-6-20-9-11/h4,6-7,9,12,19H,3,5,8H2,1-2H3,(H2,15,16,17,18). The summed E-state index contributed by atoms with van der Waals surface area (Å²) in [6.07, 6.45) is 0.500. The SMILES string of the molecule is CCCNc1nc(C)cc(NCC(O)c2ccsc2)n1. The van der Waals surface area contributed by atoms with Crippen LogP contribution in [0.1, 0.15) is 30.7 Å². The summed E-state index contributed by atoms with van der Waals surface area (Å²) in [4.78, 5) is 8.71. The zero-order valence-corrected chi connectivity index (χ0v) is 12.6. The first-order valence-electron chi connectivity index (χ1n) is 6.72. The van der Waals surface area contributed by atoms with Crippen LogP contribution in [0.3, 0.4) is 0 Å². The van der Waals surface area contributed by atoms with Crippen LogP contribution in [0.2, 0.25) is 0 Å². The molecular weight excluding hydrogens is 272 g/mol. The molecular formula is C14H20N4OS. The fourth-order valence-electron chi connectivity index (χ4n) is 1.76. The molecule has 20 heavy (non-hydrogen) atoms. The van der Waals surface area contributed by atoms with Gasteiger partial charge in [-0.2, -0.15) is 16.3 Å². The Morgan fingerprint density at radius 2 is 2.20 bits per heavy atom. The third-order valence-corrected chi connectivity index (χ3v) is 3.49. The molecule has 2 aromatic heterocycles. The lowest BCUT2D eigenvalue weighted by molar-refractivity contribution is 0.192. The van der Waals surface area contributed by atoms with Gasteiger partial charge >= 0.3 is 0 Å². The molecule has 0 fully saturated rings. The van der Waals surface area contributed by atoms with Crippen LogP contribution in [0.25, 0.3) is 0 Å². The second-order valence-corrected chi connectivity index (χ2v) is 5.38. The molecule has 1 atom stereocenters. The Bertz CT molecular complexity index is 530. The average Bonchev–Trinajstić information content (AvgIpc) is 2.96. The molecule has 0 saturated carbocycles. The van der Waals surface area contributed by atoms with Gasteiger partial charge in [0.05, 0.1) is 6.10 Å². The molecule has 0 bridgehead atoms. The van der Waals surface area contributed by atoms with Gasteiger partial charge in [0.15, 0.2) is 0 Å². The van der Waals surface area contributed by atoms with Gasteiger partial charge in [-0.05, 0) is 35.7 Å². The van der Waals surface area contributed by atoms with Crippen LogP contribution >= 0.6 is 11.3 Å². The van der Waals surface area contributed by atoms with Crippen molar-refractivity contribution < 1.29 is 5.11 Å². The molecule has 1 unspecified atom stereocenters. The van der Waals surface area contributed by atoms with Gasteiger partial charge in [0, 0.05) is 24.8 Å². The maximum absolute atomic E-state index is 10.0. The number of aryl methyl sites for hydroxylation is 1. The summed E-state index contributed by atoms with van der Waals surface area (Å²) >= 11 is 1.58. The quantitative estimate of drug-likeness (QED) is 0.732. The lowest BCUT2D eigenvalue weighted by Gasteiger charge is -2.12. The molecule has 0 aliphatic carbocycles. The summed E-state index contributed by atoms with van der Waals surface area (Å²) in [5, 5.41) is 20.3. The van der Waals surface area contributed by atoms with E-state index in [-0.39, 0.29) is 0 Å². The van der Waals surface area contributed by atoms with Gasteiger partial charge in [-0.1, -0.05) is 6.92 Å². The highest BCUT2D eigenvalue weighted by Crippen LogP contribution is 2.17. The van der Waals surface area contributed by atoms with Crippen LogP contribution in [0.15, 0.2) is 22.9 Å². The number of aliphatic hydroxyl groups excluding tert-OH is 1. The Morgan fingerprint density at radius 3 is 2.90 bits per heavy atom. The molecule has 0 aliphatic rings. The van der Waals surface area contributed by atoms with Crippen LogP contribution < -0.4 is 10.6 Å². The van der Waals surface area contributed by atoms with E-state index in [2.05, 4.69) is 27.5 Å². The number of thiophene rings is 1. The minimum atomic E-state index is -0.524. The molecule has 108 valence electrons. The topological polar surface area (TPSA) is 70.1 Å². The second-order valence-electron chi connectivity index (χ2n) is 4.60. The first-order chi connectivity index (χ1) is 9.69. The zero-order chi connectivity index (χ0) is 14.4. The second kappa shape index (κ2) is 7.21. The fraction of sp³-hybridized carbons (Fsp3) is 0.429. The van der Waals surface area contributed by atoms with Crippen molar-refractivity contribution in [3.05, 3.63) is 34.2 Å². The van der Waals surface area contributed by atoms with E-state index in [0.29, 0.717) is 12.5 Å². The van der Waals surface area contributed by atoms with Crippen LogP contribution in [-0.4, -0.2) is 28.2 Å². The van der Waals surface area contributed by atoms with Gasteiger partial charge in [-0.25, -0.2) is 4.98 Å². The number of nitrogens with zero attached hydrogens (tertiary/aromatic N) is 2. The third kappa shape index (κ3) is 4.18. The molecule has 0 saturated heterocycles. The Balaban J connectivity index is 1.96. The van der Waals surface area contributed by atoms with Gasteiger partial charge in [0.2, 0.25) is 5.95 Å². The van der Waals surface area contributed by atoms with Gasteiger partial charge in [0.1, 0.15) is 5.82 Å². The van der Waals surface area contributed by atoms with E-state index in [0.717, 1.165) is 30.0 Å². The van der Waals surface area contributed by atoms with Gasteiger partial charge in [0.25, 0.3) is 0 Å². The number of hydrogen-bond donors (Lipinski definition) is 3. The van der Waals surface area contributed by atoms with Crippen molar-refractivity contribution in [2.75, 3.05) is 23.7 Å². The Labute approximate surface area is 123 Å². The van der Waals surface area contributed by atoms with Crippen molar-refractivity contribution in [1.29, 1.82) is 0 Å². The number of hydrogen-bond acceptors (Lipinski definition) is 6. The van der Waals surface area contributed by atoms with Crippen LogP contribution in [0.5, 0.6) is 0 Å². The van der Waals surface area contributed by atoms with Crippen molar-refractivity contribution in [2.24, 2.45) is 0 Å². The minimum Gasteiger partial charge on any atom is -0.387 e. The van der Waals surface area contributed by atoms with Crippen molar-refractivity contribution in [3.63, 3.8) is 0 Å². The monoisotopic (exact) mass is 292 g/mol. The fourth-order valence-corrected chi connectivity index (χ4v) is 2.47. The van der Waals surface area contributed by atoms with Crippen molar-refractivity contribution in [2.45, 2.75) is 26.4 Å². The third-order valence-electron chi connectivity index (χ3n) is 2.79. The Hall–Kier alpha value is -1.66. The highest BCUT2D eigenvalue weighted by molar-refractivity contribution is 7.07. The van der Waals surface area contributed by atoms with Crippen molar-refractivity contribution in [3.8, 4) is 0 Å². The van der Waals surface area contributed by atoms with Crippen molar-refractivity contribution in [1.82, 2.24) is 9.97 Å². The molecule has 0 amide bonds. The predicted molar refractivity (Wildman–Crippen MR) is 83.3 cm³/mol. The predicted octanol–water partition coefficient (Wildman–Crippen LogP) is 2.81. The normalized spacial score (nSPS) is 12.2. The van der Waals surface area contributed by atoms with Gasteiger partial charge in [-0.3, -0.25) is 0 Å². The first-order valence-corrected chi connectivity index (χ1v) is 7.67. The molecule has 0 radical (unpaired) electrons. The lowest BCUT2D eigenvalue weighted by atomic mass is 10.2. The van der Waals surface area contributed by atoms with Crippen LogP contribution in [0.4, 0.5) is 11.8 Å². The van der Waals surface area contributed by atoms with E-state index < -0.39 is 6.10 Å². The van der Waals surface area contributed by atoms with E-state index >= 15 is 0 Å². The molecule has 5 nitrogen and oxygen atoms in total. The molecule has 6 heteroatoms. The van der Waals surface area contributed by atoms with Crippen LogP contribution in [0, 0.1) is 6.92 Å². The first kappa shape index (κ1) is 14.7. The highest BCUT2D eigenvalue weighted by Gasteiger charge is 2.08. The zero-order valence-electron chi connectivity index (χ0n) is 11.8. The maximum atomic E-state index is 10.0. The minimum absolute atomic E-state index is 0.431. The van der Waals surface area contributed by atoms with E-state index in [1.165, 1.54) is 0 Å². The molecule has 2 rings (SSSR count). The van der Waals surface area contributed by atoms with E-state index in [4.69, 9.17) is 0 Å². The molecule has 2 aromatic rings. The number of anilines is 2. The summed E-state index contributed by atoms with van der Waals surface area (Å²) < 4.78 is 0. The summed E-state index contributed by atoms with van der Waals surface area (Å²) in [5.41, 5.74) is 1.82. The van der Waals surface area contributed by atoms with E-state index in [9.17, 15) is 5.11 Å². The number of rotatable bonds is 7. The lowest BCUT2D eigenvalue weighted by Crippen LogP contribution is -2.14. The molecule has 0 aromatic carbocycles. The number of aromatic nitrogens is 2. The molecule has 0 aliphatic heterocycles. The Kier molecular flexibility index (Phi) is 5.31. The van der Waals surface area contributed by atoms with E-state index in [1.807, 2.05) is 29.8 Å². The largest absolute Gasteiger partial charge is 0.387 e. The Morgan fingerprint density at radius 1 is 1.35 bits per heavy atom. The average molecular weight is 292 g/mol. The summed E-state index contributed by atoms with van der Waals surface area (Å²) in [7, 11) is 0. The number of aliphatic hydroxyl groups is 1. The summed E-state index contributed by atoms with van der Waals surface area (Å²) in [5.74, 6) is 1.35. The number of nitrogens with one attached hydrogen (secondary N) is 2.